The first-order chi connectivity index (χ1) is 8.61. The Balaban J connectivity index is 3.27. The van der Waals surface area contributed by atoms with Gasteiger partial charge in [0.05, 0.1) is 11.3 Å². The SMILES string of the molecule is CC(C)N(CC(F)(F)F)c1ccc(F)cc1C(=O)O. The zero-order valence-corrected chi connectivity index (χ0v) is 10.3. The number of rotatable bonds is 4. The molecule has 106 valence electrons. The van der Waals surface area contributed by atoms with Gasteiger partial charge in [0.15, 0.2) is 0 Å². The van der Waals surface area contributed by atoms with E-state index in [-0.39, 0.29) is 5.69 Å². The van der Waals surface area contributed by atoms with E-state index in [9.17, 15) is 22.4 Å². The van der Waals surface area contributed by atoms with E-state index >= 15 is 0 Å². The second-order valence-corrected chi connectivity index (χ2v) is 4.30. The summed E-state index contributed by atoms with van der Waals surface area (Å²) in [6.45, 7) is 1.71. The number of carboxylic acids is 1. The number of hydrogen-bond donors (Lipinski definition) is 1. The molecular weight excluding hydrogens is 266 g/mol. The van der Waals surface area contributed by atoms with E-state index in [0.29, 0.717) is 6.07 Å². The van der Waals surface area contributed by atoms with Gasteiger partial charge in [-0.25, -0.2) is 9.18 Å². The Hall–Kier alpha value is -1.79. The van der Waals surface area contributed by atoms with Gasteiger partial charge in [0.1, 0.15) is 12.4 Å². The number of anilines is 1. The minimum Gasteiger partial charge on any atom is -0.478 e. The van der Waals surface area contributed by atoms with Gasteiger partial charge in [0.2, 0.25) is 0 Å². The third-order valence-corrected chi connectivity index (χ3v) is 2.47. The Bertz CT molecular complexity index is 471. The second kappa shape index (κ2) is 5.46. The van der Waals surface area contributed by atoms with Crippen molar-refractivity contribution in [3.05, 3.63) is 29.6 Å². The van der Waals surface area contributed by atoms with E-state index in [4.69, 9.17) is 5.11 Å². The van der Waals surface area contributed by atoms with E-state index < -0.39 is 36.1 Å². The lowest BCUT2D eigenvalue weighted by molar-refractivity contribution is -0.120. The number of carboxylic acid groups (broad SMARTS) is 1. The number of nitrogens with zero attached hydrogens (tertiary/aromatic N) is 1. The van der Waals surface area contributed by atoms with E-state index in [1.807, 2.05) is 0 Å². The minimum atomic E-state index is -4.48. The molecular formula is C12H13F4NO2. The van der Waals surface area contributed by atoms with Gasteiger partial charge in [0.25, 0.3) is 0 Å². The van der Waals surface area contributed by atoms with Crippen LogP contribution < -0.4 is 4.90 Å². The monoisotopic (exact) mass is 279 g/mol. The fraction of sp³-hybridized carbons (Fsp3) is 0.417. The molecule has 1 rings (SSSR count). The molecule has 0 heterocycles. The van der Waals surface area contributed by atoms with Crippen LogP contribution in [0.2, 0.25) is 0 Å². The Morgan fingerprint density at radius 1 is 1.37 bits per heavy atom. The number of halogens is 4. The van der Waals surface area contributed by atoms with Crippen molar-refractivity contribution in [1.82, 2.24) is 0 Å². The van der Waals surface area contributed by atoms with Crippen LogP contribution in [0.4, 0.5) is 23.2 Å². The molecule has 0 aromatic heterocycles. The van der Waals surface area contributed by atoms with Gasteiger partial charge in [-0.1, -0.05) is 0 Å². The second-order valence-electron chi connectivity index (χ2n) is 4.30. The first-order valence-electron chi connectivity index (χ1n) is 5.48. The van der Waals surface area contributed by atoms with Gasteiger partial charge in [0, 0.05) is 6.04 Å². The van der Waals surface area contributed by atoms with Crippen LogP contribution in [-0.2, 0) is 0 Å². The number of benzene rings is 1. The largest absolute Gasteiger partial charge is 0.478 e. The molecule has 0 saturated heterocycles. The van der Waals surface area contributed by atoms with Gasteiger partial charge in [-0.05, 0) is 32.0 Å². The van der Waals surface area contributed by atoms with Gasteiger partial charge in [-0.15, -0.1) is 0 Å². The normalized spacial score (nSPS) is 11.7. The summed E-state index contributed by atoms with van der Waals surface area (Å²) in [5.41, 5.74) is -0.640. The minimum absolute atomic E-state index is 0.152. The summed E-state index contributed by atoms with van der Waals surface area (Å²) in [5, 5.41) is 8.94. The zero-order valence-electron chi connectivity index (χ0n) is 10.3. The van der Waals surface area contributed by atoms with Crippen LogP contribution in [0.5, 0.6) is 0 Å². The first-order valence-corrected chi connectivity index (χ1v) is 5.48. The average Bonchev–Trinajstić information content (AvgIpc) is 2.24. The van der Waals surface area contributed by atoms with Crippen molar-refractivity contribution in [2.45, 2.75) is 26.1 Å². The molecule has 1 N–H and O–H groups in total. The van der Waals surface area contributed by atoms with Crippen molar-refractivity contribution in [2.24, 2.45) is 0 Å². The lowest BCUT2D eigenvalue weighted by atomic mass is 10.1. The molecule has 0 atom stereocenters. The molecule has 0 amide bonds. The van der Waals surface area contributed by atoms with Crippen LogP contribution in [0.1, 0.15) is 24.2 Å². The molecule has 0 bridgehead atoms. The quantitative estimate of drug-likeness (QED) is 0.860. The summed E-state index contributed by atoms with van der Waals surface area (Å²) in [5.74, 6) is -2.28. The summed E-state index contributed by atoms with van der Waals surface area (Å²) in [6, 6.07) is 2.12. The highest BCUT2D eigenvalue weighted by molar-refractivity contribution is 5.94. The Morgan fingerprint density at radius 2 is 1.95 bits per heavy atom. The molecule has 0 aliphatic carbocycles. The third-order valence-electron chi connectivity index (χ3n) is 2.47. The smallest absolute Gasteiger partial charge is 0.405 e. The molecule has 0 radical (unpaired) electrons. The van der Waals surface area contributed by atoms with Crippen molar-refractivity contribution in [2.75, 3.05) is 11.4 Å². The highest BCUT2D eigenvalue weighted by Gasteiger charge is 2.33. The van der Waals surface area contributed by atoms with Crippen LogP contribution in [-0.4, -0.2) is 29.8 Å². The van der Waals surface area contributed by atoms with Crippen LogP contribution >= 0.6 is 0 Å². The number of hydrogen-bond acceptors (Lipinski definition) is 2. The van der Waals surface area contributed by atoms with Crippen LogP contribution in [0.3, 0.4) is 0 Å². The van der Waals surface area contributed by atoms with Crippen molar-refractivity contribution in [3.63, 3.8) is 0 Å². The number of aromatic carboxylic acids is 1. The summed E-state index contributed by atoms with van der Waals surface area (Å²) in [6.07, 6.45) is -4.48. The van der Waals surface area contributed by atoms with Gasteiger partial charge >= 0.3 is 12.1 Å². The molecule has 0 aliphatic heterocycles. The molecule has 7 heteroatoms. The number of carbonyl (C=O) groups is 1. The Labute approximate surface area is 107 Å². The molecule has 0 aliphatic rings. The van der Waals surface area contributed by atoms with Crippen molar-refractivity contribution in [3.8, 4) is 0 Å². The zero-order chi connectivity index (χ0) is 14.8. The molecule has 0 fully saturated rings. The molecule has 3 nitrogen and oxygen atoms in total. The number of alkyl halides is 3. The maximum atomic E-state index is 13.0. The Morgan fingerprint density at radius 3 is 2.37 bits per heavy atom. The molecule has 19 heavy (non-hydrogen) atoms. The fourth-order valence-corrected chi connectivity index (χ4v) is 1.67. The molecule has 1 aromatic rings. The maximum absolute atomic E-state index is 13.0. The van der Waals surface area contributed by atoms with Crippen LogP contribution in [0.15, 0.2) is 18.2 Å². The summed E-state index contributed by atoms with van der Waals surface area (Å²) >= 11 is 0. The summed E-state index contributed by atoms with van der Waals surface area (Å²) in [4.78, 5) is 11.9. The van der Waals surface area contributed by atoms with E-state index in [1.165, 1.54) is 13.8 Å². The summed E-state index contributed by atoms with van der Waals surface area (Å²) in [7, 11) is 0. The van der Waals surface area contributed by atoms with Gasteiger partial charge in [-0.3, -0.25) is 0 Å². The Kier molecular flexibility index (Phi) is 4.39. The lowest BCUT2D eigenvalue weighted by Gasteiger charge is -2.30. The molecule has 0 saturated carbocycles. The average molecular weight is 279 g/mol. The fourth-order valence-electron chi connectivity index (χ4n) is 1.67. The highest BCUT2D eigenvalue weighted by Crippen LogP contribution is 2.28. The predicted molar refractivity (Wildman–Crippen MR) is 61.9 cm³/mol. The standard InChI is InChI=1S/C12H13F4NO2/c1-7(2)17(6-12(14,15)16)10-4-3-8(13)5-9(10)11(18)19/h3-5,7H,6H2,1-2H3,(H,18,19). The molecule has 1 aromatic carbocycles. The van der Waals surface area contributed by atoms with Crippen LogP contribution in [0, 0.1) is 5.82 Å². The summed E-state index contributed by atoms with van der Waals surface area (Å²) < 4.78 is 50.5. The van der Waals surface area contributed by atoms with E-state index in [0.717, 1.165) is 17.0 Å². The van der Waals surface area contributed by atoms with Crippen molar-refractivity contribution >= 4 is 11.7 Å². The lowest BCUT2D eigenvalue weighted by Crippen LogP contribution is -2.40. The van der Waals surface area contributed by atoms with Crippen molar-refractivity contribution < 1.29 is 27.5 Å². The maximum Gasteiger partial charge on any atom is 0.405 e. The molecule has 0 unspecified atom stereocenters. The first kappa shape index (κ1) is 15.3. The third kappa shape index (κ3) is 4.11. The predicted octanol–water partition coefficient (Wildman–Crippen LogP) is 3.30. The highest BCUT2D eigenvalue weighted by atomic mass is 19.4. The topological polar surface area (TPSA) is 40.5 Å². The molecule has 0 spiro atoms. The van der Waals surface area contributed by atoms with Crippen molar-refractivity contribution in [1.29, 1.82) is 0 Å². The van der Waals surface area contributed by atoms with Gasteiger partial charge in [-0.2, -0.15) is 13.2 Å². The van der Waals surface area contributed by atoms with Gasteiger partial charge < -0.3 is 10.0 Å². The van der Waals surface area contributed by atoms with E-state index in [2.05, 4.69) is 0 Å². The van der Waals surface area contributed by atoms with E-state index in [1.54, 1.807) is 0 Å². The van der Waals surface area contributed by atoms with Crippen LogP contribution in [0.25, 0.3) is 0 Å².